The SMILES string of the molecule is N#CCCCCCC(C(=O)O)c1cccc(I)c1. The molecule has 0 bridgehead atoms. The Labute approximate surface area is 121 Å². The molecule has 0 radical (unpaired) electrons. The Kier molecular flexibility index (Phi) is 6.73. The smallest absolute Gasteiger partial charge is 0.310 e. The minimum Gasteiger partial charge on any atom is -0.481 e. The first kappa shape index (κ1) is 15.0. The van der Waals surface area contributed by atoms with Gasteiger partial charge in [-0.2, -0.15) is 5.26 Å². The molecule has 96 valence electrons. The van der Waals surface area contributed by atoms with Crippen molar-refractivity contribution in [2.24, 2.45) is 0 Å². The van der Waals surface area contributed by atoms with Crippen molar-refractivity contribution < 1.29 is 9.90 Å². The first-order chi connectivity index (χ1) is 8.65. The molecule has 1 N–H and O–H groups in total. The largest absolute Gasteiger partial charge is 0.481 e. The number of carbonyl (C=O) groups is 1. The predicted molar refractivity (Wildman–Crippen MR) is 78.2 cm³/mol. The van der Waals surface area contributed by atoms with E-state index in [9.17, 15) is 9.90 Å². The number of carboxylic acid groups (broad SMARTS) is 1. The van der Waals surface area contributed by atoms with Crippen molar-refractivity contribution in [2.45, 2.75) is 38.0 Å². The number of rotatable bonds is 7. The van der Waals surface area contributed by atoms with Gasteiger partial charge in [-0.1, -0.05) is 25.0 Å². The summed E-state index contributed by atoms with van der Waals surface area (Å²) >= 11 is 2.19. The Morgan fingerprint density at radius 3 is 2.78 bits per heavy atom. The topological polar surface area (TPSA) is 61.1 Å². The normalized spacial score (nSPS) is 11.8. The number of hydrogen-bond donors (Lipinski definition) is 1. The molecule has 3 nitrogen and oxygen atoms in total. The second kappa shape index (κ2) is 8.09. The maximum absolute atomic E-state index is 11.3. The highest BCUT2D eigenvalue weighted by molar-refractivity contribution is 14.1. The summed E-state index contributed by atoms with van der Waals surface area (Å²) in [4.78, 5) is 11.3. The molecule has 1 aromatic carbocycles. The minimum atomic E-state index is -0.766. The summed E-state index contributed by atoms with van der Waals surface area (Å²) in [5.41, 5.74) is 0.870. The van der Waals surface area contributed by atoms with Gasteiger partial charge in [0, 0.05) is 9.99 Å². The van der Waals surface area contributed by atoms with Gasteiger partial charge in [0.15, 0.2) is 0 Å². The summed E-state index contributed by atoms with van der Waals surface area (Å²) in [6.45, 7) is 0. The lowest BCUT2D eigenvalue weighted by molar-refractivity contribution is -0.139. The van der Waals surface area contributed by atoms with Crippen molar-refractivity contribution in [3.05, 3.63) is 33.4 Å². The lowest BCUT2D eigenvalue weighted by Gasteiger charge is -2.12. The molecule has 0 amide bonds. The van der Waals surface area contributed by atoms with E-state index >= 15 is 0 Å². The van der Waals surface area contributed by atoms with Crippen LogP contribution >= 0.6 is 22.6 Å². The lowest BCUT2D eigenvalue weighted by atomic mass is 9.93. The Morgan fingerprint density at radius 2 is 2.17 bits per heavy atom. The van der Waals surface area contributed by atoms with Gasteiger partial charge in [0.05, 0.1) is 12.0 Å². The Balaban J connectivity index is 2.56. The molecule has 1 unspecified atom stereocenters. The summed E-state index contributed by atoms with van der Waals surface area (Å²) in [6.07, 6.45) is 3.82. The van der Waals surface area contributed by atoms with Crippen LogP contribution in [-0.2, 0) is 4.79 Å². The number of unbranched alkanes of at least 4 members (excludes halogenated alkanes) is 3. The molecule has 0 saturated heterocycles. The van der Waals surface area contributed by atoms with Crippen molar-refractivity contribution in [3.63, 3.8) is 0 Å². The fourth-order valence-electron chi connectivity index (χ4n) is 1.89. The van der Waals surface area contributed by atoms with Gasteiger partial charge in [-0.05, 0) is 53.1 Å². The number of benzene rings is 1. The third-order valence-electron chi connectivity index (χ3n) is 2.83. The summed E-state index contributed by atoms with van der Waals surface area (Å²) < 4.78 is 1.06. The van der Waals surface area contributed by atoms with Crippen LogP contribution in [0.25, 0.3) is 0 Å². The Bertz CT molecular complexity index is 440. The second-order valence-corrected chi connectivity index (χ2v) is 5.45. The molecule has 1 rings (SSSR count). The van der Waals surface area contributed by atoms with E-state index in [0.717, 1.165) is 28.4 Å². The molecule has 0 aliphatic rings. The molecule has 18 heavy (non-hydrogen) atoms. The highest BCUT2D eigenvalue weighted by Gasteiger charge is 2.19. The van der Waals surface area contributed by atoms with Crippen LogP contribution in [-0.4, -0.2) is 11.1 Å². The summed E-state index contributed by atoms with van der Waals surface area (Å²) in [5.74, 6) is -1.20. The molecule has 0 saturated carbocycles. The number of halogens is 1. The van der Waals surface area contributed by atoms with Crippen LogP contribution in [0.5, 0.6) is 0 Å². The first-order valence-corrected chi connectivity index (χ1v) is 7.08. The number of carboxylic acids is 1. The van der Waals surface area contributed by atoms with E-state index < -0.39 is 11.9 Å². The van der Waals surface area contributed by atoms with Crippen LogP contribution in [0, 0.1) is 14.9 Å². The number of nitriles is 1. The van der Waals surface area contributed by atoms with Crippen LogP contribution in [0.1, 0.15) is 43.6 Å². The highest BCUT2D eigenvalue weighted by Crippen LogP contribution is 2.24. The average Bonchev–Trinajstić information content (AvgIpc) is 2.33. The maximum atomic E-state index is 11.3. The molecular formula is C14H16INO2. The van der Waals surface area contributed by atoms with E-state index in [0.29, 0.717) is 12.8 Å². The van der Waals surface area contributed by atoms with Crippen molar-refractivity contribution >= 4 is 28.6 Å². The molecule has 0 aliphatic heterocycles. The van der Waals surface area contributed by atoms with E-state index in [1.807, 2.05) is 24.3 Å². The fourth-order valence-corrected chi connectivity index (χ4v) is 2.45. The lowest BCUT2D eigenvalue weighted by Crippen LogP contribution is -2.11. The van der Waals surface area contributed by atoms with Crippen LogP contribution < -0.4 is 0 Å². The molecule has 0 aromatic heterocycles. The molecular weight excluding hydrogens is 341 g/mol. The Morgan fingerprint density at radius 1 is 1.39 bits per heavy atom. The summed E-state index contributed by atoms with van der Waals surface area (Å²) in [7, 11) is 0. The zero-order chi connectivity index (χ0) is 13.4. The zero-order valence-electron chi connectivity index (χ0n) is 10.1. The van der Waals surface area contributed by atoms with Crippen LogP contribution in [0.4, 0.5) is 0 Å². The van der Waals surface area contributed by atoms with E-state index in [2.05, 4.69) is 28.7 Å². The van der Waals surface area contributed by atoms with Crippen LogP contribution in [0.3, 0.4) is 0 Å². The van der Waals surface area contributed by atoms with E-state index in [4.69, 9.17) is 5.26 Å². The molecule has 0 fully saturated rings. The highest BCUT2D eigenvalue weighted by atomic mass is 127. The number of hydrogen-bond acceptors (Lipinski definition) is 2. The molecule has 0 heterocycles. The van der Waals surface area contributed by atoms with Gasteiger partial charge in [0.25, 0.3) is 0 Å². The monoisotopic (exact) mass is 357 g/mol. The van der Waals surface area contributed by atoms with Gasteiger partial charge in [0.2, 0.25) is 0 Å². The van der Waals surface area contributed by atoms with E-state index in [1.54, 1.807) is 0 Å². The van der Waals surface area contributed by atoms with E-state index in [-0.39, 0.29) is 0 Å². The van der Waals surface area contributed by atoms with Gasteiger partial charge < -0.3 is 5.11 Å². The zero-order valence-corrected chi connectivity index (χ0v) is 12.3. The third-order valence-corrected chi connectivity index (χ3v) is 3.50. The van der Waals surface area contributed by atoms with Crippen molar-refractivity contribution in [2.75, 3.05) is 0 Å². The predicted octanol–water partition coefficient (Wildman–Crippen LogP) is 3.93. The quantitative estimate of drug-likeness (QED) is 0.594. The van der Waals surface area contributed by atoms with Gasteiger partial charge >= 0.3 is 5.97 Å². The minimum absolute atomic E-state index is 0.429. The molecule has 0 spiro atoms. The molecule has 1 atom stereocenters. The summed E-state index contributed by atoms with van der Waals surface area (Å²) in [6, 6.07) is 9.74. The molecule has 4 heteroatoms. The van der Waals surface area contributed by atoms with Crippen LogP contribution in [0.2, 0.25) is 0 Å². The van der Waals surface area contributed by atoms with Gasteiger partial charge in [-0.15, -0.1) is 0 Å². The average molecular weight is 357 g/mol. The van der Waals surface area contributed by atoms with Gasteiger partial charge in [-0.3, -0.25) is 4.79 Å². The standard InChI is InChI=1S/C14H16INO2/c15-12-7-5-6-11(10-12)13(14(17)18)8-3-1-2-4-9-16/h5-7,10,13H,1-4,8H2,(H,17,18). The van der Waals surface area contributed by atoms with Crippen molar-refractivity contribution in [1.82, 2.24) is 0 Å². The maximum Gasteiger partial charge on any atom is 0.310 e. The van der Waals surface area contributed by atoms with E-state index in [1.165, 1.54) is 0 Å². The van der Waals surface area contributed by atoms with Crippen molar-refractivity contribution in [1.29, 1.82) is 5.26 Å². The Hall–Kier alpha value is -1.09. The summed E-state index contributed by atoms with van der Waals surface area (Å²) in [5, 5.41) is 17.7. The molecule has 1 aromatic rings. The number of nitrogens with zero attached hydrogens (tertiary/aromatic N) is 1. The van der Waals surface area contributed by atoms with Gasteiger partial charge in [0.1, 0.15) is 0 Å². The van der Waals surface area contributed by atoms with Gasteiger partial charge in [-0.25, -0.2) is 0 Å². The molecule has 0 aliphatic carbocycles. The first-order valence-electron chi connectivity index (χ1n) is 6.00. The van der Waals surface area contributed by atoms with Crippen LogP contribution in [0.15, 0.2) is 24.3 Å². The van der Waals surface area contributed by atoms with Crippen molar-refractivity contribution in [3.8, 4) is 6.07 Å². The third kappa shape index (κ3) is 5.05. The second-order valence-electron chi connectivity index (χ2n) is 4.20. The fraction of sp³-hybridized carbons (Fsp3) is 0.429. The number of aliphatic carboxylic acids is 1.